The molecule has 0 unspecified atom stereocenters. The molecule has 0 saturated carbocycles. The maximum absolute atomic E-state index is 6.32. The highest BCUT2D eigenvalue weighted by Gasteiger charge is 2.38. The average molecular weight is 495 g/mol. The number of allylic oxidation sites excluding steroid dienone is 6. The minimum absolute atomic E-state index is 0.332. The van der Waals surface area contributed by atoms with Gasteiger partial charge in [-0.1, -0.05) is 36.5 Å². The molecule has 0 aromatic heterocycles. The number of ether oxygens (including phenoxy) is 7. The van der Waals surface area contributed by atoms with Gasteiger partial charge < -0.3 is 33.2 Å². The predicted octanol–water partition coefficient (Wildman–Crippen LogP) is 6.28. The summed E-state index contributed by atoms with van der Waals surface area (Å²) in [6.45, 7) is 14.2. The minimum atomic E-state index is -0.553. The van der Waals surface area contributed by atoms with E-state index in [0.717, 1.165) is 0 Å². The van der Waals surface area contributed by atoms with Crippen molar-refractivity contribution in [3.05, 3.63) is 74.0 Å². The smallest absolute Gasteiger partial charge is 0.102 e. The standard InChI is InChI=1S/C28H46O7/c1-7-13-29-19-27(20-30-14-8-2,21-31-15-9-3)25-35-26-28(22-32-16-10-4,23-33-17-11-5)24-34-18-12-6/h7-18H,19-26H2,1-6H3. The summed E-state index contributed by atoms with van der Waals surface area (Å²) < 4.78 is 40.9. The Bertz CT molecular complexity index is 525. The summed E-state index contributed by atoms with van der Waals surface area (Å²) in [7, 11) is 0. The molecule has 0 spiro atoms. The Hall–Kier alpha value is -2.80. The molecule has 0 heterocycles. The largest absolute Gasteiger partial charge is 0.501 e. The molecule has 0 amide bonds. The maximum Gasteiger partial charge on any atom is 0.102 e. The Kier molecular flexibility index (Phi) is 20.0. The summed E-state index contributed by atoms with van der Waals surface area (Å²) in [5, 5.41) is 0. The van der Waals surface area contributed by atoms with E-state index in [4.69, 9.17) is 33.2 Å². The van der Waals surface area contributed by atoms with Gasteiger partial charge in [0.25, 0.3) is 0 Å². The fraction of sp³-hybridized carbons (Fsp3) is 0.571. The molecule has 0 aliphatic heterocycles. The lowest BCUT2D eigenvalue weighted by Gasteiger charge is -2.35. The van der Waals surface area contributed by atoms with Crippen LogP contribution in [0.1, 0.15) is 41.5 Å². The minimum Gasteiger partial charge on any atom is -0.501 e. The predicted molar refractivity (Wildman–Crippen MR) is 140 cm³/mol. The zero-order valence-corrected chi connectivity index (χ0v) is 22.4. The fourth-order valence-electron chi connectivity index (χ4n) is 2.91. The lowest BCUT2D eigenvalue weighted by atomic mass is 9.90. The number of rotatable bonds is 22. The molecule has 7 nitrogen and oxygen atoms in total. The maximum atomic E-state index is 6.32. The molecule has 35 heavy (non-hydrogen) atoms. The van der Waals surface area contributed by atoms with Gasteiger partial charge in [0.2, 0.25) is 0 Å². The van der Waals surface area contributed by atoms with Crippen molar-refractivity contribution in [3.8, 4) is 0 Å². The van der Waals surface area contributed by atoms with Crippen molar-refractivity contribution in [2.45, 2.75) is 41.5 Å². The molecule has 0 aromatic carbocycles. The Balaban J connectivity index is 5.72. The van der Waals surface area contributed by atoms with Gasteiger partial charge in [0.05, 0.1) is 61.6 Å². The fourth-order valence-corrected chi connectivity index (χ4v) is 2.91. The van der Waals surface area contributed by atoms with Gasteiger partial charge in [-0.3, -0.25) is 0 Å². The lowest BCUT2D eigenvalue weighted by Crippen LogP contribution is -2.44. The van der Waals surface area contributed by atoms with Crippen LogP contribution in [-0.4, -0.2) is 52.9 Å². The molecule has 0 N–H and O–H groups in total. The van der Waals surface area contributed by atoms with Gasteiger partial charge in [0.1, 0.15) is 39.6 Å². The van der Waals surface area contributed by atoms with E-state index >= 15 is 0 Å². The lowest BCUT2D eigenvalue weighted by molar-refractivity contribution is -0.109. The van der Waals surface area contributed by atoms with Crippen molar-refractivity contribution >= 4 is 0 Å². The zero-order valence-electron chi connectivity index (χ0n) is 22.4. The van der Waals surface area contributed by atoms with E-state index in [0.29, 0.717) is 52.9 Å². The summed E-state index contributed by atoms with van der Waals surface area (Å²) in [6.07, 6.45) is 21.0. The van der Waals surface area contributed by atoms with Crippen molar-refractivity contribution in [2.75, 3.05) is 52.9 Å². The van der Waals surface area contributed by atoms with Crippen LogP contribution in [0.5, 0.6) is 0 Å². The van der Waals surface area contributed by atoms with Crippen LogP contribution in [-0.2, 0) is 33.2 Å². The molecular formula is C28H46O7. The highest BCUT2D eigenvalue weighted by molar-refractivity contribution is 4.87. The third-order valence-electron chi connectivity index (χ3n) is 4.55. The van der Waals surface area contributed by atoms with Crippen LogP contribution < -0.4 is 0 Å². The van der Waals surface area contributed by atoms with E-state index in [1.54, 1.807) is 37.6 Å². The van der Waals surface area contributed by atoms with Gasteiger partial charge in [0, 0.05) is 0 Å². The van der Waals surface area contributed by atoms with Crippen LogP contribution in [0.3, 0.4) is 0 Å². The van der Waals surface area contributed by atoms with Crippen molar-refractivity contribution < 1.29 is 33.2 Å². The first-order valence-electron chi connectivity index (χ1n) is 12.0. The SMILES string of the molecule is CC=COCC(COC=CC)(COC=CC)COCC(COC=CC)(COC=CC)COC=CC. The first-order valence-corrected chi connectivity index (χ1v) is 12.0. The highest BCUT2D eigenvalue weighted by Crippen LogP contribution is 2.26. The number of hydrogen-bond acceptors (Lipinski definition) is 7. The van der Waals surface area contributed by atoms with Gasteiger partial charge in [0.15, 0.2) is 0 Å². The van der Waals surface area contributed by atoms with Gasteiger partial charge in [-0.15, -0.1) is 0 Å². The first kappa shape index (κ1) is 32.2. The highest BCUT2D eigenvalue weighted by atomic mass is 16.5. The Morgan fingerprint density at radius 3 is 0.714 bits per heavy atom. The number of hydrogen-bond donors (Lipinski definition) is 0. The first-order chi connectivity index (χ1) is 17.1. The van der Waals surface area contributed by atoms with Crippen LogP contribution in [0, 0.1) is 10.8 Å². The summed E-state index contributed by atoms with van der Waals surface area (Å²) >= 11 is 0. The van der Waals surface area contributed by atoms with Crippen molar-refractivity contribution in [1.82, 2.24) is 0 Å². The summed E-state index contributed by atoms with van der Waals surface area (Å²) in [5.41, 5.74) is -1.11. The third kappa shape index (κ3) is 15.7. The van der Waals surface area contributed by atoms with E-state index < -0.39 is 10.8 Å². The Labute approximate surface area is 212 Å². The van der Waals surface area contributed by atoms with Crippen LogP contribution in [0.15, 0.2) is 74.0 Å². The molecule has 0 bridgehead atoms. The van der Waals surface area contributed by atoms with Crippen molar-refractivity contribution in [3.63, 3.8) is 0 Å². The van der Waals surface area contributed by atoms with Gasteiger partial charge in [-0.25, -0.2) is 0 Å². The summed E-state index contributed by atoms with van der Waals surface area (Å²) in [5.74, 6) is 0. The molecule has 0 saturated heterocycles. The van der Waals surface area contributed by atoms with E-state index in [-0.39, 0.29) is 0 Å². The van der Waals surface area contributed by atoms with Crippen molar-refractivity contribution in [2.24, 2.45) is 10.8 Å². The average Bonchev–Trinajstić information content (AvgIpc) is 2.85. The monoisotopic (exact) mass is 494 g/mol. The van der Waals surface area contributed by atoms with Crippen LogP contribution in [0.25, 0.3) is 0 Å². The van der Waals surface area contributed by atoms with Gasteiger partial charge in [-0.2, -0.15) is 0 Å². The molecule has 0 aliphatic rings. The van der Waals surface area contributed by atoms with Crippen molar-refractivity contribution in [1.29, 1.82) is 0 Å². The molecule has 0 fully saturated rings. The van der Waals surface area contributed by atoms with Gasteiger partial charge in [-0.05, 0) is 41.5 Å². The normalized spacial score (nSPS) is 15.9. The zero-order chi connectivity index (χ0) is 26.1. The van der Waals surface area contributed by atoms with E-state index in [9.17, 15) is 0 Å². The summed E-state index contributed by atoms with van der Waals surface area (Å²) in [6, 6.07) is 0. The molecule has 0 atom stereocenters. The van der Waals surface area contributed by atoms with Crippen LogP contribution >= 0.6 is 0 Å². The Morgan fingerprint density at radius 2 is 0.543 bits per heavy atom. The van der Waals surface area contributed by atoms with Crippen LogP contribution in [0.4, 0.5) is 0 Å². The quantitative estimate of drug-likeness (QED) is 0.164. The van der Waals surface area contributed by atoms with E-state index in [2.05, 4.69) is 0 Å². The third-order valence-corrected chi connectivity index (χ3v) is 4.55. The second kappa shape index (κ2) is 21.7. The molecule has 7 heteroatoms. The molecule has 0 rings (SSSR count). The topological polar surface area (TPSA) is 64.6 Å². The molecule has 200 valence electrons. The van der Waals surface area contributed by atoms with E-state index in [1.807, 2.05) is 78.0 Å². The molecule has 0 radical (unpaired) electrons. The molecular weight excluding hydrogens is 448 g/mol. The Morgan fingerprint density at radius 1 is 0.343 bits per heavy atom. The molecule has 0 aliphatic carbocycles. The van der Waals surface area contributed by atoms with E-state index in [1.165, 1.54) is 0 Å². The second-order valence-electron chi connectivity index (χ2n) is 8.18. The summed E-state index contributed by atoms with van der Waals surface area (Å²) in [4.78, 5) is 0. The van der Waals surface area contributed by atoms with Crippen LogP contribution in [0.2, 0.25) is 0 Å². The van der Waals surface area contributed by atoms with Gasteiger partial charge >= 0.3 is 0 Å². The second-order valence-corrected chi connectivity index (χ2v) is 8.18. The molecule has 0 aromatic rings.